The highest BCUT2D eigenvalue weighted by Gasteiger charge is 2.28. The number of aromatic nitrogens is 4. The van der Waals surface area contributed by atoms with Crippen molar-refractivity contribution in [2.24, 2.45) is 7.05 Å². The normalized spacial score (nSPS) is 19.0. The number of imidazole rings is 2. The quantitative estimate of drug-likeness (QED) is 0.826. The zero-order valence-electron chi connectivity index (χ0n) is 12.3. The van der Waals surface area contributed by atoms with Crippen LogP contribution in [-0.4, -0.2) is 49.6 Å². The molecule has 0 unspecified atom stereocenters. The first-order chi connectivity index (χ1) is 10.1. The van der Waals surface area contributed by atoms with Crippen molar-refractivity contribution in [3.63, 3.8) is 0 Å². The Kier molecular flexibility index (Phi) is 3.74. The summed E-state index contributed by atoms with van der Waals surface area (Å²) in [5.41, 5.74) is 0.956. The Morgan fingerprint density at radius 1 is 1.52 bits per heavy atom. The molecule has 2 aromatic rings. The molecule has 1 amide bonds. The average Bonchev–Trinajstić information content (AvgIpc) is 3.08. The molecule has 1 atom stereocenters. The molecule has 0 bridgehead atoms. The summed E-state index contributed by atoms with van der Waals surface area (Å²) in [6.07, 6.45) is 6.91. The lowest BCUT2D eigenvalue weighted by atomic mass is 10.2. The fourth-order valence-electron chi connectivity index (χ4n) is 2.60. The van der Waals surface area contributed by atoms with E-state index >= 15 is 0 Å². The van der Waals surface area contributed by atoms with Crippen LogP contribution >= 0.6 is 0 Å². The number of amides is 1. The molecule has 21 heavy (non-hydrogen) atoms. The van der Waals surface area contributed by atoms with Crippen molar-refractivity contribution >= 4 is 5.91 Å². The van der Waals surface area contributed by atoms with Gasteiger partial charge in [0.2, 0.25) is 5.91 Å². The molecule has 1 fully saturated rings. The van der Waals surface area contributed by atoms with Gasteiger partial charge in [-0.1, -0.05) is 0 Å². The second kappa shape index (κ2) is 5.69. The third-order valence-corrected chi connectivity index (χ3v) is 3.62. The maximum absolute atomic E-state index is 12.3. The highest BCUT2D eigenvalue weighted by Crippen LogP contribution is 2.21. The van der Waals surface area contributed by atoms with Crippen molar-refractivity contribution in [2.45, 2.75) is 19.6 Å². The Bertz CT molecular complexity index is 619. The number of rotatable bonds is 3. The number of carbonyl (C=O) groups is 1. The lowest BCUT2D eigenvalue weighted by molar-refractivity contribution is -0.140. The molecular weight excluding hydrogens is 270 g/mol. The standard InChI is InChI=1S/C14H19N5O2/c1-11-7-17(2)14(16-11)12-8-19(5-6-21-12)13(20)9-18-4-3-15-10-18/h3-4,7,10,12H,5-6,8-9H2,1-2H3/t12-/m0/s1. The van der Waals surface area contributed by atoms with Crippen LogP contribution in [-0.2, 0) is 23.1 Å². The fourth-order valence-corrected chi connectivity index (χ4v) is 2.60. The van der Waals surface area contributed by atoms with E-state index < -0.39 is 0 Å². The Morgan fingerprint density at radius 2 is 2.38 bits per heavy atom. The third-order valence-electron chi connectivity index (χ3n) is 3.62. The van der Waals surface area contributed by atoms with Gasteiger partial charge in [0.15, 0.2) is 0 Å². The van der Waals surface area contributed by atoms with E-state index in [-0.39, 0.29) is 12.0 Å². The molecule has 1 aliphatic rings. The van der Waals surface area contributed by atoms with Crippen LogP contribution in [0.1, 0.15) is 17.6 Å². The lowest BCUT2D eigenvalue weighted by Gasteiger charge is -2.32. The summed E-state index contributed by atoms with van der Waals surface area (Å²) in [6.45, 7) is 3.96. The summed E-state index contributed by atoms with van der Waals surface area (Å²) in [5, 5.41) is 0. The SMILES string of the molecule is Cc1cn(C)c([C@@H]2CN(C(=O)Cn3ccnc3)CCO2)n1. The molecule has 2 aromatic heterocycles. The van der Waals surface area contributed by atoms with Crippen LogP contribution < -0.4 is 0 Å². The molecule has 1 aliphatic heterocycles. The first kappa shape index (κ1) is 13.8. The van der Waals surface area contributed by atoms with Gasteiger partial charge >= 0.3 is 0 Å². The van der Waals surface area contributed by atoms with Crippen molar-refractivity contribution in [1.82, 2.24) is 24.0 Å². The molecular formula is C14H19N5O2. The van der Waals surface area contributed by atoms with Crippen LogP contribution in [0.3, 0.4) is 0 Å². The molecule has 3 heterocycles. The van der Waals surface area contributed by atoms with Crippen LogP contribution in [0, 0.1) is 6.92 Å². The molecule has 0 aliphatic carbocycles. The van der Waals surface area contributed by atoms with E-state index in [9.17, 15) is 4.79 Å². The van der Waals surface area contributed by atoms with Gasteiger partial charge in [-0.05, 0) is 6.92 Å². The maximum Gasteiger partial charge on any atom is 0.242 e. The summed E-state index contributed by atoms with van der Waals surface area (Å²) < 4.78 is 9.52. The van der Waals surface area contributed by atoms with Crippen molar-refractivity contribution in [3.8, 4) is 0 Å². The summed E-state index contributed by atoms with van der Waals surface area (Å²) in [7, 11) is 1.95. The monoisotopic (exact) mass is 289 g/mol. The maximum atomic E-state index is 12.3. The average molecular weight is 289 g/mol. The molecule has 0 aromatic carbocycles. The zero-order chi connectivity index (χ0) is 14.8. The predicted octanol–water partition coefficient (Wildman–Crippen LogP) is 0.525. The molecule has 7 heteroatoms. The number of morpholine rings is 1. The van der Waals surface area contributed by atoms with Crippen LogP contribution in [0.4, 0.5) is 0 Å². The number of hydrogen-bond acceptors (Lipinski definition) is 4. The van der Waals surface area contributed by atoms with Crippen molar-refractivity contribution in [2.75, 3.05) is 19.7 Å². The first-order valence-electron chi connectivity index (χ1n) is 6.98. The molecule has 0 saturated carbocycles. The first-order valence-corrected chi connectivity index (χ1v) is 6.98. The fraction of sp³-hybridized carbons (Fsp3) is 0.500. The molecule has 0 N–H and O–H groups in total. The zero-order valence-corrected chi connectivity index (χ0v) is 12.3. The minimum absolute atomic E-state index is 0.0761. The van der Waals surface area contributed by atoms with Crippen molar-refractivity contribution in [1.29, 1.82) is 0 Å². The van der Waals surface area contributed by atoms with E-state index in [4.69, 9.17) is 4.74 Å². The topological polar surface area (TPSA) is 65.2 Å². The van der Waals surface area contributed by atoms with Gasteiger partial charge in [-0.3, -0.25) is 4.79 Å². The van der Waals surface area contributed by atoms with E-state index in [0.717, 1.165) is 11.5 Å². The molecule has 3 rings (SSSR count). The van der Waals surface area contributed by atoms with E-state index in [1.807, 2.05) is 29.6 Å². The number of aryl methyl sites for hydroxylation is 2. The van der Waals surface area contributed by atoms with Crippen LogP contribution in [0.15, 0.2) is 24.9 Å². The second-order valence-electron chi connectivity index (χ2n) is 5.29. The molecule has 7 nitrogen and oxygen atoms in total. The Balaban J connectivity index is 1.68. The minimum Gasteiger partial charge on any atom is -0.367 e. The van der Waals surface area contributed by atoms with E-state index in [0.29, 0.717) is 26.2 Å². The Morgan fingerprint density at radius 3 is 3.05 bits per heavy atom. The van der Waals surface area contributed by atoms with Gasteiger partial charge in [-0.15, -0.1) is 0 Å². The Hall–Kier alpha value is -2.15. The summed E-state index contributed by atoms with van der Waals surface area (Å²) in [5.74, 6) is 0.944. The summed E-state index contributed by atoms with van der Waals surface area (Å²) in [4.78, 5) is 22.6. The molecule has 1 saturated heterocycles. The highest BCUT2D eigenvalue weighted by atomic mass is 16.5. The summed E-state index contributed by atoms with van der Waals surface area (Å²) in [6, 6.07) is 0. The van der Waals surface area contributed by atoms with Crippen LogP contribution in [0.5, 0.6) is 0 Å². The number of carbonyl (C=O) groups excluding carboxylic acids is 1. The van der Waals surface area contributed by atoms with E-state index in [1.54, 1.807) is 23.3 Å². The van der Waals surface area contributed by atoms with Crippen LogP contribution in [0.2, 0.25) is 0 Å². The molecule has 112 valence electrons. The molecule has 0 radical (unpaired) electrons. The smallest absolute Gasteiger partial charge is 0.242 e. The third kappa shape index (κ3) is 2.97. The van der Waals surface area contributed by atoms with Crippen LogP contribution in [0.25, 0.3) is 0 Å². The number of nitrogens with zero attached hydrogens (tertiary/aromatic N) is 5. The van der Waals surface area contributed by atoms with Gasteiger partial charge in [0, 0.05) is 32.2 Å². The number of hydrogen-bond donors (Lipinski definition) is 0. The van der Waals surface area contributed by atoms with E-state index in [1.165, 1.54) is 0 Å². The second-order valence-corrected chi connectivity index (χ2v) is 5.29. The Labute approximate surface area is 123 Å². The largest absolute Gasteiger partial charge is 0.367 e. The van der Waals surface area contributed by atoms with Gasteiger partial charge in [0.25, 0.3) is 0 Å². The van der Waals surface area contributed by atoms with Gasteiger partial charge in [-0.25, -0.2) is 9.97 Å². The van der Waals surface area contributed by atoms with Gasteiger partial charge in [0.1, 0.15) is 18.5 Å². The van der Waals surface area contributed by atoms with E-state index in [2.05, 4.69) is 9.97 Å². The predicted molar refractivity (Wildman–Crippen MR) is 75.4 cm³/mol. The summed E-state index contributed by atoms with van der Waals surface area (Å²) >= 11 is 0. The number of ether oxygens (including phenoxy) is 1. The van der Waals surface area contributed by atoms with Crippen molar-refractivity contribution < 1.29 is 9.53 Å². The van der Waals surface area contributed by atoms with Gasteiger partial charge in [-0.2, -0.15) is 0 Å². The lowest BCUT2D eigenvalue weighted by Crippen LogP contribution is -2.44. The minimum atomic E-state index is -0.163. The van der Waals surface area contributed by atoms with Gasteiger partial charge < -0.3 is 18.8 Å². The van der Waals surface area contributed by atoms with Gasteiger partial charge in [0.05, 0.1) is 25.2 Å². The van der Waals surface area contributed by atoms with Crippen molar-refractivity contribution in [3.05, 3.63) is 36.4 Å². The highest BCUT2D eigenvalue weighted by molar-refractivity contribution is 5.76. The molecule has 0 spiro atoms.